The molecule has 22 heavy (non-hydrogen) atoms. The zero-order valence-corrected chi connectivity index (χ0v) is 13.2. The summed E-state index contributed by atoms with van der Waals surface area (Å²) in [7, 11) is 1.91. The molecule has 0 radical (unpaired) electrons. The van der Waals surface area contributed by atoms with E-state index in [0.717, 1.165) is 22.4 Å². The third-order valence-electron chi connectivity index (χ3n) is 3.38. The van der Waals surface area contributed by atoms with Crippen LogP contribution in [0.1, 0.15) is 19.4 Å². The van der Waals surface area contributed by atoms with Crippen LogP contribution in [-0.2, 0) is 9.53 Å². The number of ether oxygens (including phenoxy) is 1. The molecule has 3 nitrogen and oxygen atoms in total. The molecule has 0 unspecified atom stereocenters. The van der Waals surface area contributed by atoms with Crippen LogP contribution in [0.25, 0.3) is 17.2 Å². The molecule has 0 heterocycles. The number of carbonyl (C=O) groups excluding carboxylic acids is 1. The second kappa shape index (κ2) is 7.46. The fourth-order valence-corrected chi connectivity index (χ4v) is 2.18. The topological polar surface area (TPSA) is 38.3 Å². The Morgan fingerprint density at radius 2 is 1.86 bits per heavy atom. The van der Waals surface area contributed by atoms with Crippen LogP contribution in [0.4, 0.5) is 5.69 Å². The Morgan fingerprint density at radius 1 is 1.14 bits per heavy atom. The van der Waals surface area contributed by atoms with E-state index in [4.69, 9.17) is 4.74 Å². The van der Waals surface area contributed by atoms with E-state index in [1.165, 1.54) is 0 Å². The molecule has 0 aliphatic rings. The molecule has 0 amide bonds. The van der Waals surface area contributed by atoms with Gasteiger partial charge in [0.1, 0.15) is 0 Å². The molecule has 2 rings (SSSR count). The summed E-state index contributed by atoms with van der Waals surface area (Å²) in [5.74, 6) is -0.270. The molecule has 0 saturated heterocycles. The Morgan fingerprint density at radius 3 is 2.50 bits per heavy atom. The number of hydrogen-bond donors (Lipinski definition) is 1. The highest BCUT2D eigenvalue weighted by Crippen LogP contribution is 2.23. The predicted molar refractivity (Wildman–Crippen MR) is 91.7 cm³/mol. The highest BCUT2D eigenvalue weighted by Gasteiger charge is 2.04. The molecule has 0 aliphatic carbocycles. The minimum absolute atomic E-state index is 0.270. The maximum absolute atomic E-state index is 11.6. The molecule has 0 atom stereocenters. The quantitative estimate of drug-likeness (QED) is 0.658. The molecule has 2 aromatic rings. The number of hydrogen-bond acceptors (Lipinski definition) is 3. The Bertz CT molecular complexity index is 672. The van der Waals surface area contributed by atoms with Crippen LogP contribution in [0.15, 0.2) is 54.1 Å². The first-order valence-electron chi connectivity index (χ1n) is 7.37. The largest absolute Gasteiger partial charge is 0.463 e. The number of nitrogens with one attached hydrogen (secondary N) is 1. The van der Waals surface area contributed by atoms with Crippen LogP contribution in [0.5, 0.6) is 0 Å². The molecule has 0 aromatic heterocycles. The van der Waals surface area contributed by atoms with E-state index >= 15 is 0 Å². The van der Waals surface area contributed by atoms with E-state index in [1.54, 1.807) is 13.8 Å². The van der Waals surface area contributed by atoms with Gasteiger partial charge in [0.15, 0.2) is 0 Å². The lowest BCUT2D eigenvalue weighted by Crippen LogP contribution is -2.04. The molecule has 0 fully saturated rings. The van der Waals surface area contributed by atoms with Gasteiger partial charge in [-0.1, -0.05) is 36.4 Å². The summed E-state index contributed by atoms with van der Waals surface area (Å²) < 4.78 is 4.98. The zero-order chi connectivity index (χ0) is 15.9. The van der Waals surface area contributed by atoms with E-state index in [-0.39, 0.29) is 5.97 Å². The highest BCUT2D eigenvalue weighted by atomic mass is 16.5. The number of carbonyl (C=O) groups is 1. The van der Waals surface area contributed by atoms with Gasteiger partial charge in [-0.25, -0.2) is 4.79 Å². The van der Waals surface area contributed by atoms with Crippen molar-refractivity contribution in [2.24, 2.45) is 0 Å². The fraction of sp³-hybridized carbons (Fsp3) is 0.211. The normalized spacial score (nSPS) is 11.1. The van der Waals surface area contributed by atoms with Gasteiger partial charge in [-0.2, -0.15) is 0 Å². The van der Waals surface area contributed by atoms with Crippen molar-refractivity contribution >= 4 is 17.7 Å². The number of anilines is 1. The Labute approximate surface area is 131 Å². The lowest BCUT2D eigenvalue weighted by Gasteiger charge is -2.06. The van der Waals surface area contributed by atoms with Crippen molar-refractivity contribution in [3.05, 3.63) is 59.7 Å². The Balaban J connectivity index is 2.19. The zero-order valence-electron chi connectivity index (χ0n) is 13.2. The van der Waals surface area contributed by atoms with Crippen molar-refractivity contribution in [3.8, 4) is 11.1 Å². The molecule has 0 bridgehead atoms. The average Bonchev–Trinajstić information content (AvgIpc) is 2.55. The first-order valence-corrected chi connectivity index (χ1v) is 7.37. The number of esters is 1. The Hall–Kier alpha value is -2.55. The monoisotopic (exact) mass is 295 g/mol. The van der Waals surface area contributed by atoms with Crippen LogP contribution >= 0.6 is 0 Å². The molecule has 0 spiro atoms. The first-order chi connectivity index (χ1) is 10.6. The molecular formula is C19H21NO2. The second-order valence-corrected chi connectivity index (χ2v) is 5.00. The van der Waals surface area contributed by atoms with E-state index in [1.807, 2.05) is 37.4 Å². The van der Waals surface area contributed by atoms with Gasteiger partial charge in [0.25, 0.3) is 0 Å². The van der Waals surface area contributed by atoms with Crippen molar-refractivity contribution in [2.75, 3.05) is 19.0 Å². The van der Waals surface area contributed by atoms with E-state index in [2.05, 4.69) is 29.6 Å². The molecule has 3 heteroatoms. The molecular weight excluding hydrogens is 274 g/mol. The van der Waals surface area contributed by atoms with Crippen molar-refractivity contribution in [2.45, 2.75) is 13.8 Å². The van der Waals surface area contributed by atoms with Crippen LogP contribution < -0.4 is 5.32 Å². The summed E-state index contributed by atoms with van der Waals surface area (Å²) in [5.41, 5.74) is 4.97. The van der Waals surface area contributed by atoms with Gasteiger partial charge in [0.05, 0.1) is 6.61 Å². The minimum atomic E-state index is -0.270. The van der Waals surface area contributed by atoms with E-state index in [9.17, 15) is 4.79 Å². The van der Waals surface area contributed by atoms with Crippen molar-refractivity contribution in [1.82, 2.24) is 0 Å². The summed E-state index contributed by atoms with van der Waals surface area (Å²) >= 11 is 0. The van der Waals surface area contributed by atoms with Crippen molar-refractivity contribution < 1.29 is 9.53 Å². The third-order valence-corrected chi connectivity index (χ3v) is 3.38. The van der Waals surface area contributed by atoms with Gasteiger partial charge in [-0.15, -0.1) is 0 Å². The van der Waals surface area contributed by atoms with Gasteiger partial charge in [0, 0.05) is 18.3 Å². The number of benzene rings is 2. The number of rotatable bonds is 5. The summed E-state index contributed by atoms with van der Waals surface area (Å²) in [5, 5.41) is 3.14. The third kappa shape index (κ3) is 3.98. The fourth-order valence-electron chi connectivity index (χ4n) is 2.18. The minimum Gasteiger partial charge on any atom is -0.463 e. The maximum Gasteiger partial charge on any atom is 0.333 e. The molecule has 0 saturated carbocycles. The van der Waals surface area contributed by atoms with E-state index in [0.29, 0.717) is 12.2 Å². The van der Waals surface area contributed by atoms with Gasteiger partial charge < -0.3 is 10.1 Å². The van der Waals surface area contributed by atoms with Crippen molar-refractivity contribution in [1.29, 1.82) is 0 Å². The van der Waals surface area contributed by atoms with Crippen LogP contribution in [0.2, 0.25) is 0 Å². The maximum atomic E-state index is 11.6. The second-order valence-electron chi connectivity index (χ2n) is 5.00. The van der Waals surface area contributed by atoms with E-state index < -0.39 is 0 Å². The molecule has 0 aliphatic heterocycles. The average molecular weight is 295 g/mol. The Kier molecular flexibility index (Phi) is 5.37. The molecule has 114 valence electrons. The summed E-state index contributed by atoms with van der Waals surface area (Å²) in [6, 6.07) is 16.4. The SMILES string of the molecule is CCOC(=O)/C(C)=C/c1ccc(-c2cccc(NC)c2)cc1. The summed E-state index contributed by atoms with van der Waals surface area (Å²) in [6.45, 7) is 3.96. The lowest BCUT2D eigenvalue weighted by atomic mass is 10.0. The van der Waals surface area contributed by atoms with Gasteiger partial charge in [0.2, 0.25) is 0 Å². The smallest absolute Gasteiger partial charge is 0.333 e. The lowest BCUT2D eigenvalue weighted by molar-refractivity contribution is -0.138. The summed E-state index contributed by atoms with van der Waals surface area (Å²) in [6.07, 6.45) is 1.84. The summed E-state index contributed by atoms with van der Waals surface area (Å²) in [4.78, 5) is 11.6. The standard InChI is InChI=1S/C19H21NO2/c1-4-22-19(21)14(2)12-15-8-10-16(11-9-15)17-6-5-7-18(13-17)20-3/h5-13,20H,4H2,1-3H3/b14-12+. The van der Waals surface area contributed by atoms with Crippen LogP contribution in [0.3, 0.4) is 0 Å². The predicted octanol–water partition coefficient (Wildman–Crippen LogP) is 4.36. The van der Waals surface area contributed by atoms with Crippen LogP contribution in [-0.4, -0.2) is 19.6 Å². The molecule has 2 aromatic carbocycles. The van der Waals surface area contributed by atoms with Gasteiger partial charge in [-0.3, -0.25) is 0 Å². The van der Waals surface area contributed by atoms with Crippen molar-refractivity contribution in [3.63, 3.8) is 0 Å². The van der Waals surface area contributed by atoms with Gasteiger partial charge in [-0.05, 0) is 48.7 Å². The highest BCUT2D eigenvalue weighted by molar-refractivity contribution is 5.93. The first kappa shape index (κ1) is 15.8. The van der Waals surface area contributed by atoms with Gasteiger partial charge >= 0.3 is 5.97 Å². The van der Waals surface area contributed by atoms with Crippen LogP contribution in [0, 0.1) is 0 Å². The molecule has 1 N–H and O–H groups in total.